The van der Waals surface area contributed by atoms with Crippen molar-refractivity contribution in [3.05, 3.63) is 28.2 Å². The number of benzene rings is 1. The fourth-order valence-corrected chi connectivity index (χ4v) is 2.40. The highest BCUT2D eigenvalue weighted by Gasteiger charge is 2.33. The summed E-state index contributed by atoms with van der Waals surface area (Å²) in [7, 11) is 0. The Bertz CT molecular complexity index is 556. The minimum atomic E-state index is -1.28. The second-order valence-electron chi connectivity index (χ2n) is 5.38. The van der Waals surface area contributed by atoms with Crippen LogP contribution in [0, 0.1) is 5.92 Å². The van der Waals surface area contributed by atoms with Crippen molar-refractivity contribution in [3.8, 4) is 5.75 Å². The summed E-state index contributed by atoms with van der Waals surface area (Å²) >= 11 is 3.38. The Morgan fingerprint density at radius 1 is 1.45 bits per heavy atom. The molecule has 1 aromatic carbocycles. The first-order valence-electron chi connectivity index (χ1n) is 6.26. The number of carboxylic acid groups (broad SMARTS) is 1. The highest BCUT2D eigenvalue weighted by molar-refractivity contribution is 9.10. The molecule has 108 valence electrons. The first-order chi connectivity index (χ1) is 9.29. The first-order valence-corrected chi connectivity index (χ1v) is 7.05. The largest absolute Gasteiger partial charge is 0.492 e. The number of carbonyl (C=O) groups is 2. The molecule has 1 unspecified atom stereocenters. The van der Waals surface area contributed by atoms with Crippen molar-refractivity contribution in [2.24, 2.45) is 5.92 Å². The van der Waals surface area contributed by atoms with E-state index in [4.69, 9.17) is 9.84 Å². The Morgan fingerprint density at radius 3 is 2.80 bits per heavy atom. The zero-order chi connectivity index (χ0) is 14.9. The van der Waals surface area contributed by atoms with E-state index in [0.717, 1.165) is 15.8 Å². The van der Waals surface area contributed by atoms with Crippen molar-refractivity contribution in [2.45, 2.75) is 25.8 Å². The van der Waals surface area contributed by atoms with Gasteiger partial charge in [0.1, 0.15) is 17.9 Å². The predicted molar refractivity (Wildman–Crippen MR) is 76.7 cm³/mol. The molecule has 2 N–H and O–H groups in total. The van der Waals surface area contributed by atoms with Crippen molar-refractivity contribution < 1.29 is 19.4 Å². The van der Waals surface area contributed by atoms with Crippen molar-refractivity contribution in [1.29, 1.82) is 0 Å². The number of halogens is 1. The number of fused-ring (bicyclic) bond motifs is 1. The van der Waals surface area contributed by atoms with Crippen LogP contribution in [0.4, 0.5) is 0 Å². The number of amides is 1. The number of carboxylic acids is 1. The average molecular weight is 342 g/mol. The summed E-state index contributed by atoms with van der Waals surface area (Å²) in [5.74, 6) is -0.973. The van der Waals surface area contributed by atoms with Crippen molar-refractivity contribution in [2.75, 3.05) is 6.61 Å². The van der Waals surface area contributed by atoms with Crippen LogP contribution in [0.2, 0.25) is 0 Å². The summed E-state index contributed by atoms with van der Waals surface area (Å²) in [4.78, 5) is 23.2. The van der Waals surface area contributed by atoms with Gasteiger partial charge in [-0.1, -0.05) is 15.9 Å². The number of carbonyl (C=O) groups excluding carboxylic acids is 1. The fraction of sp³-hybridized carbons (Fsp3) is 0.429. The maximum Gasteiger partial charge on any atom is 0.328 e. The molecule has 0 spiro atoms. The summed E-state index contributed by atoms with van der Waals surface area (Å²) < 4.78 is 6.48. The lowest BCUT2D eigenvalue weighted by molar-refractivity contribution is -0.147. The SMILES string of the molecule is CC(C)(NC(=O)C1COc2ccc(Br)cc2C1)C(=O)O. The maximum absolute atomic E-state index is 12.1. The van der Waals surface area contributed by atoms with Crippen LogP contribution in [-0.2, 0) is 16.0 Å². The lowest BCUT2D eigenvalue weighted by Crippen LogP contribution is -2.52. The smallest absolute Gasteiger partial charge is 0.328 e. The molecule has 1 aromatic rings. The lowest BCUT2D eigenvalue weighted by atomic mass is 9.94. The molecule has 6 heteroatoms. The third kappa shape index (κ3) is 3.12. The van der Waals surface area contributed by atoms with Gasteiger partial charge in [0.25, 0.3) is 0 Å². The fourth-order valence-electron chi connectivity index (χ4n) is 2.00. The zero-order valence-corrected chi connectivity index (χ0v) is 12.9. The topological polar surface area (TPSA) is 75.6 Å². The molecule has 0 bridgehead atoms. The van der Waals surface area contributed by atoms with Gasteiger partial charge >= 0.3 is 5.97 Å². The molecule has 20 heavy (non-hydrogen) atoms. The minimum Gasteiger partial charge on any atom is -0.492 e. The van der Waals surface area contributed by atoms with Gasteiger partial charge in [-0.25, -0.2) is 4.79 Å². The minimum absolute atomic E-state index is 0.260. The second-order valence-corrected chi connectivity index (χ2v) is 6.30. The number of nitrogens with one attached hydrogen (secondary N) is 1. The van der Waals surface area contributed by atoms with Crippen LogP contribution >= 0.6 is 15.9 Å². The Labute approximate surface area is 125 Å². The van der Waals surface area contributed by atoms with Gasteiger partial charge in [-0.15, -0.1) is 0 Å². The monoisotopic (exact) mass is 341 g/mol. The van der Waals surface area contributed by atoms with Gasteiger partial charge in [-0.05, 0) is 44.0 Å². The Kier molecular flexibility index (Phi) is 4.04. The molecule has 1 amide bonds. The molecular formula is C14H16BrNO4. The molecule has 2 rings (SSSR count). The molecule has 0 saturated carbocycles. The summed E-state index contributed by atoms with van der Waals surface area (Å²) in [5.41, 5.74) is -0.340. The van der Waals surface area contributed by atoms with Crippen LogP contribution in [0.1, 0.15) is 19.4 Å². The highest BCUT2D eigenvalue weighted by atomic mass is 79.9. The van der Waals surface area contributed by atoms with Gasteiger partial charge < -0.3 is 15.2 Å². The van der Waals surface area contributed by atoms with Gasteiger partial charge in [0, 0.05) is 4.47 Å². The van der Waals surface area contributed by atoms with E-state index in [1.165, 1.54) is 13.8 Å². The molecule has 0 fully saturated rings. The van der Waals surface area contributed by atoms with Crippen molar-refractivity contribution in [3.63, 3.8) is 0 Å². The van der Waals surface area contributed by atoms with E-state index in [0.29, 0.717) is 6.42 Å². The Morgan fingerprint density at radius 2 is 2.15 bits per heavy atom. The molecule has 1 aliphatic heterocycles. The summed E-state index contributed by atoms with van der Waals surface area (Å²) in [6.07, 6.45) is 0.538. The maximum atomic E-state index is 12.1. The molecule has 5 nitrogen and oxygen atoms in total. The van der Waals surface area contributed by atoms with E-state index >= 15 is 0 Å². The van der Waals surface area contributed by atoms with Gasteiger partial charge in [0.15, 0.2) is 0 Å². The van der Waals surface area contributed by atoms with Gasteiger partial charge in [-0.3, -0.25) is 4.79 Å². The second kappa shape index (κ2) is 5.44. The Balaban J connectivity index is 2.09. The van der Waals surface area contributed by atoms with E-state index in [1.807, 2.05) is 18.2 Å². The average Bonchev–Trinajstić information content (AvgIpc) is 2.37. The highest BCUT2D eigenvalue weighted by Crippen LogP contribution is 2.30. The molecule has 0 aliphatic carbocycles. The number of ether oxygens (including phenoxy) is 1. The van der Waals surface area contributed by atoms with Crippen LogP contribution in [0.5, 0.6) is 5.75 Å². The normalized spacial score (nSPS) is 17.9. The number of hydrogen-bond donors (Lipinski definition) is 2. The molecule has 0 saturated heterocycles. The van der Waals surface area contributed by atoms with Crippen molar-refractivity contribution in [1.82, 2.24) is 5.32 Å². The number of rotatable bonds is 3. The summed E-state index contributed by atoms with van der Waals surface area (Å²) in [6, 6.07) is 5.65. The van der Waals surface area contributed by atoms with Crippen molar-refractivity contribution >= 4 is 27.8 Å². The quantitative estimate of drug-likeness (QED) is 0.881. The molecule has 1 heterocycles. The van der Waals surface area contributed by atoms with Crippen LogP contribution < -0.4 is 10.1 Å². The molecular weight excluding hydrogens is 326 g/mol. The van der Waals surface area contributed by atoms with E-state index in [9.17, 15) is 9.59 Å². The van der Waals surface area contributed by atoms with Crippen LogP contribution in [0.25, 0.3) is 0 Å². The van der Waals surface area contributed by atoms with E-state index < -0.39 is 11.5 Å². The number of hydrogen-bond acceptors (Lipinski definition) is 3. The molecule has 0 radical (unpaired) electrons. The zero-order valence-electron chi connectivity index (χ0n) is 11.3. The van der Waals surface area contributed by atoms with E-state index in [1.54, 1.807) is 0 Å². The Hall–Kier alpha value is -1.56. The van der Waals surface area contributed by atoms with Gasteiger partial charge in [0.2, 0.25) is 5.91 Å². The van der Waals surface area contributed by atoms with E-state index in [-0.39, 0.29) is 18.4 Å². The van der Waals surface area contributed by atoms with Gasteiger partial charge in [0.05, 0.1) is 5.92 Å². The van der Waals surface area contributed by atoms with E-state index in [2.05, 4.69) is 21.2 Å². The summed E-state index contributed by atoms with van der Waals surface area (Å²) in [5, 5.41) is 11.6. The number of aliphatic carboxylic acids is 1. The van der Waals surface area contributed by atoms with Gasteiger partial charge in [-0.2, -0.15) is 0 Å². The van der Waals surface area contributed by atoms with Crippen LogP contribution in [-0.4, -0.2) is 29.1 Å². The first kappa shape index (κ1) is 14.8. The lowest BCUT2D eigenvalue weighted by Gasteiger charge is -2.28. The predicted octanol–water partition coefficient (Wildman–Crippen LogP) is 1.98. The standard InChI is InChI=1S/C14H16BrNO4/c1-14(2,13(18)19)16-12(17)9-5-8-6-10(15)3-4-11(8)20-7-9/h3-4,6,9H,5,7H2,1-2H3,(H,16,17)(H,18,19). The van der Waals surface area contributed by atoms with Crippen LogP contribution in [0.15, 0.2) is 22.7 Å². The van der Waals surface area contributed by atoms with Crippen LogP contribution in [0.3, 0.4) is 0 Å². The summed E-state index contributed by atoms with van der Waals surface area (Å²) in [6.45, 7) is 3.18. The third-order valence-corrected chi connectivity index (χ3v) is 3.76. The molecule has 1 aliphatic rings. The molecule has 0 aromatic heterocycles. The molecule has 1 atom stereocenters. The third-order valence-electron chi connectivity index (χ3n) is 3.27.